The number of thiophene rings is 1. The molecule has 2 atom stereocenters. The molecule has 4 heteroatoms. The molecule has 2 aromatic carbocycles. The Morgan fingerprint density at radius 1 is 0.929 bits per heavy atom. The molecular weight excluding hydrogens is 364 g/mol. The van der Waals surface area contributed by atoms with Crippen molar-refractivity contribution in [3.63, 3.8) is 0 Å². The van der Waals surface area contributed by atoms with Gasteiger partial charge >= 0.3 is 0 Å². The Hall–Kier alpha value is -2.85. The summed E-state index contributed by atoms with van der Waals surface area (Å²) in [4.78, 5) is 14.5. The number of benzene rings is 2. The number of carbonyl (C=O) groups is 1. The van der Waals surface area contributed by atoms with Gasteiger partial charge in [-0.05, 0) is 48.4 Å². The van der Waals surface area contributed by atoms with Crippen LogP contribution in [0.5, 0.6) is 0 Å². The van der Waals surface area contributed by atoms with Crippen molar-refractivity contribution in [2.24, 2.45) is 0 Å². The molecule has 5 rings (SSSR count). The molecular formula is C24H22N2OS. The number of ketones is 1. The number of hydrogen-bond acceptors (Lipinski definition) is 4. The molecule has 1 aliphatic carbocycles. The Morgan fingerprint density at radius 2 is 1.71 bits per heavy atom. The number of rotatable bonds is 2. The van der Waals surface area contributed by atoms with Crippen LogP contribution in [0.25, 0.3) is 0 Å². The summed E-state index contributed by atoms with van der Waals surface area (Å²) in [6.45, 7) is 2.09. The highest BCUT2D eigenvalue weighted by Crippen LogP contribution is 2.44. The van der Waals surface area contributed by atoms with E-state index in [1.54, 1.807) is 11.3 Å². The predicted octanol–water partition coefficient (Wildman–Crippen LogP) is 6.04. The fourth-order valence-electron chi connectivity index (χ4n) is 4.24. The minimum Gasteiger partial charge on any atom is -0.372 e. The maximum Gasteiger partial charge on any atom is 0.163 e. The van der Waals surface area contributed by atoms with Gasteiger partial charge in [0.2, 0.25) is 0 Å². The van der Waals surface area contributed by atoms with Crippen molar-refractivity contribution in [1.29, 1.82) is 0 Å². The minimum atomic E-state index is -0.0994. The first-order valence-electron chi connectivity index (χ1n) is 9.68. The van der Waals surface area contributed by atoms with E-state index in [9.17, 15) is 4.79 Å². The van der Waals surface area contributed by atoms with Gasteiger partial charge in [-0.3, -0.25) is 4.79 Å². The standard InChI is InChI=1S/C24H22N2OS/c1-15-8-10-16(11-9-15)17-13-20-23(21(27)14-17)24(22-7-4-12-28-22)26-19-6-3-2-5-18(19)25-20/h2-12,17,24-26H,13-14H2,1H3/t17-,24-/m0/s1. The molecule has 0 amide bonds. The number of para-hydroxylation sites is 2. The van der Waals surface area contributed by atoms with Crippen LogP contribution in [0.1, 0.15) is 40.8 Å². The molecule has 1 aromatic heterocycles. The summed E-state index contributed by atoms with van der Waals surface area (Å²) in [6.07, 6.45) is 1.41. The third-order valence-corrected chi connectivity index (χ3v) is 6.62. The van der Waals surface area contributed by atoms with Crippen LogP contribution in [0.3, 0.4) is 0 Å². The lowest BCUT2D eigenvalue weighted by Gasteiger charge is -2.29. The Bertz CT molecular complexity index is 1050. The Balaban J connectivity index is 1.59. The van der Waals surface area contributed by atoms with Gasteiger partial charge in [0.15, 0.2) is 5.78 Å². The molecule has 0 radical (unpaired) electrons. The van der Waals surface area contributed by atoms with Gasteiger partial charge in [-0.2, -0.15) is 0 Å². The lowest BCUT2D eigenvalue weighted by molar-refractivity contribution is -0.116. The van der Waals surface area contributed by atoms with Crippen molar-refractivity contribution in [3.8, 4) is 0 Å². The Morgan fingerprint density at radius 3 is 2.46 bits per heavy atom. The summed E-state index contributed by atoms with van der Waals surface area (Å²) in [7, 11) is 0. The molecule has 2 aliphatic rings. The van der Waals surface area contributed by atoms with Crippen LogP contribution in [-0.2, 0) is 4.79 Å². The fraction of sp³-hybridized carbons (Fsp3) is 0.208. The van der Waals surface area contributed by atoms with Gasteiger partial charge in [0.25, 0.3) is 0 Å². The second-order valence-electron chi connectivity index (χ2n) is 7.59. The van der Waals surface area contributed by atoms with Crippen LogP contribution in [0.15, 0.2) is 77.3 Å². The molecule has 0 fully saturated rings. The number of allylic oxidation sites excluding steroid dienone is 1. The van der Waals surface area contributed by atoms with Crippen molar-refractivity contribution in [1.82, 2.24) is 0 Å². The maximum absolute atomic E-state index is 13.4. The zero-order valence-corrected chi connectivity index (χ0v) is 16.6. The van der Waals surface area contributed by atoms with Crippen LogP contribution in [0, 0.1) is 6.92 Å². The lowest BCUT2D eigenvalue weighted by Crippen LogP contribution is -2.26. The van der Waals surface area contributed by atoms with E-state index in [0.717, 1.165) is 29.1 Å². The monoisotopic (exact) mass is 386 g/mol. The molecule has 1 aliphatic heterocycles. The summed E-state index contributed by atoms with van der Waals surface area (Å²) in [5.41, 5.74) is 6.50. The van der Waals surface area contributed by atoms with Crippen LogP contribution in [-0.4, -0.2) is 5.78 Å². The van der Waals surface area contributed by atoms with Crippen LogP contribution < -0.4 is 10.6 Å². The molecule has 2 heterocycles. The lowest BCUT2D eigenvalue weighted by atomic mass is 9.79. The molecule has 3 aromatic rings. The first kappa shape index (κ1) is 17.3. The Kier molecular flexibility index (Phi) is 4.29. The summed E-state index contributed by atoms with van der Waals surface area (Å²) in [5, 5.41) is 9.29. The second kappa shape index (κ2) is 6.95. The number of Topliss-reactive ketones (excluding diaryl/α,β-unsaturated/α-hetero) is 1. The molecule has 2 N–H and O–H groups in total. The van der Waals surface area contributed by atoms with E-state index < -0.39 is 0 Å². The van der Waals surface area contributed by atoms with Gasteiger partial charge < -0.3 is 10.6 Å². The summed E-state index contributed by atoms with van der Waals surface area (Å²) in [6, 6.07) is 20.9. The van der Waals surface area contributed by atoms with E-state index in [2.05, 4.69) is 71.5 Å². The molecule has 28 heavy (non-hydrogen) atoms. The second-order valence-corrected chi connectivity index (χ2v) is 8.57. The van der Waals surface area contributed by atoms with Crippen molar-refractivity contribution in [2.45, 2.75) is 31.7 Å². The normalized spacial score (nSPS) is 21.2. The smallest absolute Gasteiger partial charge is 0.163 e. The van der Waals surface area contributed by atoms with E-state index in [1.165, 1.54) is 16.0 Å². The SMILES string of the molecule is Cc1ccc([C@@H]2CC(=O)C3=C(C2)Nc2ccccc2N[C@H]3c2cccs2)cc1. The van der Waals surface area contributed by atoms with E-state index in [-0.39, 0.29) is 17.7 Å². The van der Waals surface area contributed by atoms with Crippen LogP contribution >= 0.6 is 11.3 Å². The molecule has 0 bridgehead atoms. The first-order valence-corrected chi connectivity index (χ1v) is 10.6. The number of hydrogen-bond donors (Lipinski definition) is 2. The predicted molar refractivity (Wildman–Crippen MR) is 116 cm³/mol. The molecule has 0 unspecified atom stereocenters. The van der Waals surface area contributed by atoms with Crippen molar-refractivity contribution in [2.75, 3.05) is 10.6 Å². The zero-order chi connectivity index (χ0) is 19.1. The van der Waals surface area contributed by atoms with Crippen LogP contribution in [0.2, 0.25) is 0 Å². The zero-order valence-electron chi connectivity index (χ0n) is 15.7. The van der Waals surface area contributed by atoms with Gasteiger partial charge in [-0.25, -0.2) is 0 Å². The fourth-order valence-corrected chi connectivity index (χ4v) is 5.02. The van der Waals surface area contributed by atoms with Crippen molar-refractivity contribution < 1.29 is 4.79 Å². The third kappa shape index (κ3) is 3.04. The van der Waals surface area contributed by atoms with Gasteiger partial charge in [-0.15, -0.1) is 11.3 Å². The number of aryl methyl sites for hydroxylation is 1. The molecule has 0 spiro atoms. The van der Waals surface area contributed by atoms with Gasteiger partial charge in [0.1, 0.15) is 0 Å². The highest BCUT2D eigenvalue weighted by atomic mass is 32.1. The van der Waals surface area contributed by atoms with Gasteiger partial charge in [0.05, 0.1) is 17.4 Å². The number of anilines is 2. The average molecular weight is 387 g/mol. The number of nitrogens with one attached hydrogen (secondary N) is 2. The number of fused-ring (bicyclic) bond motifs is 1. The topological polar surface area (TPSA) is 41.1 Å². The van der Waals surface area contributed by atoms with E-state index in [4.69, 9.17) is 0 Å². The maximum atomic E-state index is 13.4. The molecule has 0 saturated carbocycles. The highest BCUT2D eigenvalue weighted by molar-refractivity contribution is 7.10. The Labute approximate surface area is 169 Å². The molecule has 3 nitrogen and oxygen atoms in total. The minimum absolute atomic E-state index is 0.0994. The van der Waals surface area contributed by atoms with Crippen molar-refractivity contribution >= 4 is 28.5 Å². The van der Waals surface area contributed by atoms with E-state index in [0.29, 0.717) is 6.42 Å². The highest BCUT2D eigenvalue weighted by Gasteiger charge is 2.36. The van der Waals surface area contributed by atoms with E-state index in [1.807, 2.05) is 12.1 Å². The number of carbonyl (C=O) groups excluding carboxylic acids is 1. The first-order chi connectivity index (χ1) is 13.7. The van der Waals surface area contributed by atoms with Crippen LogP contribution in [0.4, 0.5) is 11.4 Å². The van der Waals surface area contributed by atoms with E-state index >= 15 is 0 Å². The average Bonchev–Trinajstić information content (AvgIpc) is 3.17. The largest absolute Gasteiger partial charge is 0.372 e. The molecule has 140 valence electrons. The van der Waals surface area contributed by atoms with Crippen molar-refractivity contribution in [3.05, 3.63) is 93.3 Å². The quantitative estimate of drug-likeness (QED) is 0.564. The molecule has 0 saturated heterocycles. The summed E-state index contributed by atoms with van der Waals surface area (Å²) in [5.74, 6) is 0.451. The third-order valence-electron chi connectivity index (χ3n) is 5.69. The van der Waals surface area contributed by atoms with Gasteiger partial charge in [-0.1, -0.05) is 48.0 Å². The van der Waals surface area contributed by atoms with Gasteiger partial charge in [0, 0.05) is 22.6 Å². The summed E-state index contributed by atoms with van der Waals surface area (Å²) >= 11 is 1.69. The summed E-state index contributed by atoms with van der Waals surface area (Å²) < 4.78 is 0.